The molecule has 0 amide bonds. The van der Waals surface area contributed by atoms with Crippen LogP contribution >= 0.6 is 0 Å². The van der Waals surface area contributed by atoms with Crippen LogP contribution in [0.5, 0.6) is 0 Å². The van der Waals surface area contributed by atoms with Gasteiger partial charge in [0.2, 0.25) is 0 Å². The van der Waals surface area contributed by atoms with E-state index in [9.17, 15) is 0 Å². The average molecular weight is 268 g/mol. The Morgan fingerprint density at radius 2 is 1.79 bits per heavy atom. The van der Waals surface area contributed by atoms with Crippen LogP contribution in [-0.2, 0) is 0 Å². The van der Waals surface area contributed by atoms with Crippen molar-refractivity contribution in [1.29, 1.82) is 0 Å². The number of hydrogen-bond acceptors (Lipinski definition) is 2. The van der Waals surface area contributed by atoms with E-state index >= 15 is 0 Å². The predicted molar refractivity (Wildman–Crippen MR) is 85.3 cm³/mol. The van der Waals surface area contributed by atoms with Gasteiger partial charge in [-0.25, -0.2) is 0 Å². The third kappa shape index (κ3) is 5.83. The summed E-state index contributed by atoms with van der Waals surface area (Å²) in [6.07, 6.45) is 8.55. The van der Waals surface area contributed by atoms with E-state index in [1.54, 1.807) is 0 Å². The summed E-state index contributed by atoms with van der Waals surface area (Å²) in [6.45, 7) is 13.7. The molecule has 1 spiro atoms. The second-order valence-corrected chi connectivity index (χ2v) is 7.36. The van der Waals surface area contributed by atoms with Crippen LogP contribution in [0.3, 0.4) is 0 Å². The fourth-order valence-corrected chi connectivity index (χ4v) is 3.51. The van der Waals surface area contributed by atoms with Crippen molar-refractivity contribution in [1.82, 2.24) is 4.90 Å². The van der Waals surface area contributed by atoms with Crippen molar-refractivity contribution in [3.05, 3.63) is 0 Å². The Morgan fingerprint density at radius 1 is 1.21 bits per heavy atom. The van der Waals surface area contributed by atoms with E-state index in [4.69, 9.17) is 5.73 Å². The van der Waals surface area contributed by atoms with E-state index in [1.165, 1.54) is 51.6 Å². The number of nitrogens with two attached hydrogens (primary N) is 1. The van der Waals surface area contributed by atoms with Crippen LogP contribution in [0, 0.1) is 17.3 Å². The van der Waals surface area contributed by atoms with Crippen LogP contribution in [0.25, 0.3) is 0 Å². The summed E-state index contributed by atoms with van der Waals surface area (Å²) in [4.78, 5) is 2.51. The monoisotopic (exact) mass is 268 g/mol. The van der Waals surface area contributed by atoms with Crippen molar-refractivity contribution in [2.24, 2.45) is 23.0 Å². The lowest BCUT2D eigenvalue weighted by Gasteiger charge is -2.53. The second kappa shape index (κ2) is 8.26. The van der Waals surface area contributed by atoms with Gasteiger partial charge in [-0.15, -0.1) is 0 Å². The molecule has 0 aromatic carbocycles. The third-order valence-electron chi connectivity index (χ3n) is 4.76. The molecule has 1 heterocycles. The molecule has 114 valence electrons. The smallest absolute Gasteiger partial charge is 0.0105 e. The van der Waals surface area contributed by atoms with Gasteiger partial charge in [0.1, 0.15) is 0 Å². The van der Waals surface area contributed by atoms with Crippen LogP contribution < -0.4 is 5.73 Å². The highest BCUT2D eigenvalue weighted by atomic mass is 15.2. The molecule has 2 nitrogen and oxygen atoms in total. The van der Waals surface area contributed by atoms with E-state index < -0.39 is 0 Å². The molecule has 2 rings (SSSR count). The van der Waals surface area contributed by atoms with Crippen LogP contribution in [0.2, 0.25) is 0 Å². The Kier molecular flexibility index (Phi) is 7.38. The van der Waals surface area contributed by atoms with Gasteiger partial charge < -0.3 is 10.6 Å². The Labute approximate surface area is 121 Å². The summed E-state index contributed by atoms with van der Waals surface area (Å²) < 4.78 is 0. The second-order valence-electron chi connectivity index (χ2n) is 7.36. The van der Waals surface area contributed by atoms with Crippen molar-refractivity contribution in [3.63, 3.8) is 0 Å². The first kappa shape index (κ1) is 17.0. The zero-order chi connectivity index (χ0) is 14.3. The van der Waals surface area contributed by atoms with E-state index in [-0.39, 0.29) is 0 Å². The molecule has 0 bridgehead atoms. The molecule has 0 unspecified atom stereocenters. The van der Waals surface area contributed by atoms with Crippen LogP contribution in [0.4, 0.5) is 0 Å². The Hall–Kier alpha value is -0.0800. The molecule has 1 aliphatic carbocycles. The SMILES string of the molecule is CC1CCC2(CC1)CN(CCN)C2.CCCC(C)C. The molecule has 19 heavy (non-hydrogen) atoms. The van der Waals surface area contributed by atoms with Crippen molar-refractivity contribution in [3.8, 4) is 0 Å². The van der Waals surface area contributed by atoms with Crippen molar-refractivity contribution < 1.29 is 0 Å². The van der Waals surface area contributed by atoms with Gasteiger partial charge in [-0.2, -0.15) is 0 Å². The molecule has 2 heteroatoms. The lowest BCUT2D eigenvalue weighted by molar-refractivity contribution is -0.0341. The minimum absolute atomic E-state index is 0.724. The van der Waals surface area contributed by atoms with Gasteiger partial charge in [0.25, 0.3) is 0 Å². The highest BCUT2D eigenvalue weighted by molar-refractivity contribution is 4.97. The molecular formula is C17H36N2. The predicted octanol–water partition coefficient (Wildman–Crippen LogP) is 3.90. The lowest BCUT2D eigenvalue weighted by Crippen LogP contribution is -2.58. The molecule has 0 aromatic heterocycles. The normalized spacial score (nSPS) is 23.1. The molecule has 2 N–H and O–H groups in total. The largest absolute Gasteiger partial charge is 0.329 e. The zero-order valence-corrected chi connectivity index (χ0v) is 13.8. The van der Waals surface area contributed by atoms with Gasteiger partial charge in [0.05, 0.1) is 0 Å². The van der Waals surface area contributed by atoms with Gasteiger partial charge in [0, 0.05) is 26.2 Å². The maximum Gasteiger partial charge on any atom is 0.0105 e. The third-order valence-corrected chi connectivity index (χ3v) is 4.76. The number of likely N-dealkylation sites (tertiary alicyclic amines) is 1. The van der Waals surface area contributed by atoms with Crippen molar-refractivity contribution in [2.75, 3.05) is 26.2 Å². The molecular weight excluding hydrogens is 232 g/mol. The van der Waals surface area contributed by atoms with Gasteiger partial charge in [0.15, 0.2) is 0 Å². The quantitative estimate of drug-likeness (QED) is 0.838. The molecule has 2 fully saturated rings. The Balaban J connectivity index is 0.000000258. The summed E-state index contributed by atoms with van der Waals surface area (Å²) >= 11 is 0. The fraction of sp³-hybridized carbons (Fsp3) is 1.00. The van der Waals surface area contributed by atoms with Gasteiger partial charge in [-0.3, -0.25) is 0 Å². The maximum absolute atomic E-state index is 5.54. The molecule has 1 saturated heterocycles. The van der Waals surface area contributed by atoms with Gasteiger partial charge >= 0.3 is 0 Å². The fourth-order valence-electron chi connectivity index (χ4n) is 3.51. The van der Waals surface area contributed by atoms with Gasteiger partial charge in [-0.1, -0.05) is 53.4 Å². The molecule has 1 saturated carbocycles. The number of hydrogen-bond donors (Lipinski definition) is 1. The Bertz CT molecular complexity index is 221. The summed E-state index contributed by atoms with van der Waals surface area (Å²) in [5.74, 6) is 1.88. The summed E-state index contributed by atoms with van der Waals surface area (Å²) in [5, 5.41) is 0. The molecule has 0 aromatic rings. The number of nitrogens with zero attached hydrogens (tertiary/aromatic N) is 1. The maximum atomic E-state index is 5.54. The molecule has 0 radical (unpaired) electrons. The topological polar surface area (TPSA) is 29.3 Å². The van der Waals surface area contributed by atoms with Gasteiger partial charge in [-0.05, 0) is 30.1 Å². The first-order valence-electron chi connectivity index (χ1n) is 8.44. The van der Waals surface area contributed by atoms with E-state index in [0.29, 0.717) is 0 Å². The van der Waals surface area contributed by atoms with E-state index in [1.807, 2.05) is 0 Å². The van der Waals surface area contributed by atoms with E-state index in [2.05, 4.69) is 32.6 Å². The van der Waals surface area contributed by atoms with Crippen molar-refractivity contribution >= 4 is 0 Å². The minimum atomic E-state index is 0.724. The first-order chi connectivity index (χ1) is 9.01. The summed E-state index contributed by atoms with van der Waals surface area (Å²) in [6, 6.07) is 0. The highest BCUT2D eigenvalue weighted by Gasteiger charge is 2.43. The molecule has 0 atom stereocenters. The molecule has 2 aliphatic rings. The van der Waals surface area contributed by atoms with E-state index in [0.717, 1.165) is 30.3 Å². The summed E-state index contributed by atoms with van der Waals surface area (Å²) in [7, 11) is 0. The standard InChI is InChI=1S/C11H22N2.C6H14/c1-10-2-4-11(5-3-10)8-13(9-11)7-6-12;1-4-5-6(2)3/h10H,2-9,12H2,1H3;6H,4-5H2,1-3H3. The number of rotatable bonds is 4. The zero-order valence-electron chi connectivity index (χ0n) is 13.8. The van der Waals surface area contributed by atoms with Crippen LogP contribution in [0.15, 0.2) is 0 Å². The lowest BCUT2D eigenvalue weighted by atomic mass is 9.66. The van der Waals surface area contributed by atoms with Crippen molar-refractivity contribution in [2.45, 2.75) is 66.2 Å². The average Bonchev–Trinajstić information content (AvgIpc) is 2.31. The van der Waals surface area contributed by atoms with Crippen LogP contribution in [0.1, 0.15) is 66.2 Å². The first-order valence-corrected chi connectivity index (χ1v) is 8.44. The van der Waals surface area contributed by atoms with Crippen LogP contribution in [-0.4, -0.2) is 31.1 Å². The minimum Gasteiger partial charge on any atom is -0.329 e. The Morgan fingerprint density at radius 3 is 2.16 bits per heavy atom. The molecule has 1 aliphatic heterocycles. The summed E-state index contributed by atoms with van der Waals surface area (Å²) in [5.41, 5.74) is 6.26. The highest BCUT2D eigenvalue weighted by Crippen LogP contribution is 2.45.